The molecule has 138 valence electrons. The lowest BCUT2D eigenvalue weighted by atomic mass is 10.0. The van der Waals surface area contributed by atoms with Gasteiger partial charge in [-0.2, -0.15) is 0 Å². The number of ether oxygens (including phenoxy) is 1. The van der Waals surface area contributed by atoms with Gasteiger partial charge in [-0.05, 0) is 36.6 Å². The van der Waals surface area contributed by atoms with Crippen LogP contribution in [0.3, 0.4) is 0 Å². The van der Waals surface area contributed by atoms with Crippen LogP contribution in [-0.4, -0.2) is 54.9 Å². The van der Waals surface area contributed by atoms with E-state index >= 15 is 0 Å². The lowest BCUT2D eigenvalue weighted by Crippen LogP contribution is -2.39. The van der Waals surface area contributed by atoms with Crippen LogP contribution in [0.1, 0.15) is 31.4 Å². The van der Waals surface area contributed by atoms with Gasteiger partial charge < -0.3 is 14.5 Å². The highest BCUT2D eigenvalue weighted by atomic mass is 35.5. The number of carbonyl (C=O) groups is 2. The van der Waals surface area contributed by atoms with Crippen molar-refractivity contribution in [2.45, 2.75) is 33.6 Å². The zero-order chi connectivity index (χ0) is 18.6. The molecule has 0 radical (unpaired) electrons. The highest BCUT2D eigenvalue weighted by Gasteiger charge is 2.23. The molecule has 25 heavy (non-hydrogen) atoms. The molecular weight excluding hydrogens is 340 g/mol. The summed E-state index contributed by atoms with van der Waals surface area (Å²) in [6.45, 7) is 8.36. The molecule has 1 heterocycles. The Kier molecular flexibility index (Phi) is 6.71. The van der Waals surface area contributed by atoms with E-state index in [1.807, 2.05) is 36.6 Å². The average Bonchev–Trinajstić information content (AvgIpc) is 2.83. The molecule has 0 aliphatic carbocycles. The molecule has 1 aromatic rings. The molecule has 0 N–H and O–H groups in total. The number of rotatable bonds is 4. The van der Waals surface area contributed by atoms with Crippen molar-refractivity contribution in [3.05, 3.63) is 28.3 Å². The lowest BCUT2D eigenvalue weighted by Gasteiger charge is -2.23. The van der Waals surface area contributed by atoms with Crippen molar-refractivity contribution in [2.75, 3.05) is 33.3 Å². The van der Waals surface area contributed by atoms with Crippen molar-refractivity contribution >= 4 is 23.4 Å². The Morgan fingerprint density at radius 2 is 1.80 bits per heavy atom. The second-order valence-corrected chi connectivity index (χ2v) is 7.21. The smallest absolute Gasteiger partial charge is 0.227 e. The fourth-order valence-electron chi connectivity index (χ4n) is 3.07. The van der Waals surface area contributed by atoms with Crippen LogP contribution in [0.4, 0.5) is 0 Å². The van der Waals surface area contributed by atoms with Crippen LogP contribution in [0.2, 0.25) is 5.02 Å². The van der Waals surface area contributed by atoms with Gasteiger partial charge in [-0.25, -0.2) is 0 Å². The maximum Gasteiger partial charge on any atom is 0.227 e. The minimum atomic E-state index is -0.00802. The van der Waals surface area contributed by atoms with Crippen LogP contribution in [0.15, 0.2) is 12.1 Å². The molecule has 1 aromatic carbocycles. The van der Waals surface area contributed by atoms with E-state index < -0.39 is 0 Å². The third-order valence-corrected chi connectivity index (χ3v) is 4.90. The first-order valence-electron chi connectivity index (χ1n) is 8.73. The van der Waals surface area contributed by atoms with Crippen molar-refractivity contribution in [1.29, 1.82) is 0 Å². The molecule has 5 nitrogen and oxygen atoms in total. The summed E-state index contributed by atoms with van der Waals surface area (Å²) in [6.07, 6.45) is 1.13. The number of halogens is 1. The summed E-state index contributed by atoms with van der Waals surface area (Å²) in [5.41, 5.74) is 1.90. The molecule has 0 bridgehead atoms. The van der Waals surface area contributed by atoms with Gasteiger partial charge in [0, 0.05) is 32.1 Å². The minimum absolute atomic E-state index is 0.00802. The first-order valence-corrected chi connectivity index (χ1v) is 9.10. The number of aryl methyl sites for hydroxylation is 1. The van der Waals surface area contributed by atoms with Gasteiger partial charge in [0.25, 0.3) is 0 Å². The third kappa shape index (κ3) is 4.88. The number of benzene rings is 1. The number of carbonyl (C=O) groups excluding carboxylic acids is 2. The van der Waals surface area contributed by atoms with E-state index in [9.17, 15) is 9.59 Å². The molecule has 0 atom stereocenters. The van der Waals surface area contributed by atoms with Crippen molar-refractivity contribution in [3.63, 3.8) is 0 Å². The number of hydrogen-bond acceptors (Lipinski definition) is 3. The molecule has 0 saturated carbocycles. The van der Waals surface area contributed by atoms with Gasteiger partial charge in [-0.1, -0.05) is 25.4 Å². The van der Waals surface area contributed by atoms with E-state index in [-0.39, 0.29) is 17.7 Å². The lowest BCUT2D eigenvalue weighted by molar-refractivity contribution is -0.135. The van der Waals surface area contributed by atoms with Gasteiger partial charge in [0.1, 0.15) is 5.75 Å². The average molecular weight is 367 g/mol. The first kappa shape index (κ1) is 19.6. The molecule has 1 aliphatic heterocycles. The third-order valence-electron chi connectivity index (χ3n) is 4.61. The molecule has 1 saturated heterocycles. The highest BCUT2D eigenvalue weighted by Crippen LogP contribution is 2.28. The van der Waals surface area contributed by atoms with E-state index in [4.69, 9.17) is 16.3 Å². The second kappa shape index (κ2) is 8.56. The van der Waals surface area contributed by atoms with Crippen LogP contribution in [0.5, 0.6) is 5.75 Å². The van der Waals surface area contributed by atoms with Crippen molar-refractivity contribution in [1.82, 2.24) is 9.80 Å². The topological polar surface area (TPSA) is 49.9 Å². The molecule has 1 aliphatic rings. The van der Waals surface area contributed by atoms with Crippen molar-refractivity contribution < 1.29 is 14.3 Å². The number of amides is 2. The molecule has 1 fully saturated rings. The normalized spacial score (nSPS) is 15.3. The Hall–Kier alpha value is -1.75. The van der Waals surface area contributed by atoms with Gasteiger partial charge in [0.05, 0.1) is 18.6 Å². The highest BCUT2D eigenvalue weighted by molar-refractivity contribution is 6.32. The number of nitrogens with zero attached hydrogens (tertiary/aromatic N) is 2. The van der Waals surface area contributed by atoms with Gasteiger partial charge in [-0.15, -0.1) is 0 Å². The van der Waals surface area contributed by atoms with E-state index in [0.29, 0.717) is 43.4 Å². The number of hydrogen-bond donors (Lipinski definition) is 0. The van der Waals surface area contributed by atoms with Gasteiger partial charge in [0.2, 0.25) is 11.8 Å². The quantitative estimate of drug-likeness (QED) is 0.823. The second-order valence-electron chi connectivity index (χ2n) is 6.80. The molecule has 0 spiro atoms. The first-order chi connectivity index (χ1) is 11.8. The zero-order valence-corrected chi connectivity index (χ0v) is 16.2. The summed E-state index contributed by atoms with van der Waals surface area (Å²) in [5.74, 6) is 0.842. The van der Waals surface area contributed by atoms with E-state index in [0.717, 1.165) is 17.5 Å². The standard InChI is InChI=1S/C19H27ClN2O3/c1-13(2)19(24)22-7-5-6-21(8-9-22)18(23)12-15-11-16(20)17(25-4)10-14(15)3/h10-11,13H,5-9,12H2,1-4H3. The fraction of sp³-hybridized carbons (Fsp3) is 0.579. The molecule has 0 aromatic heterocycles. The SMILES string of the molecule is COc1cc(C)c(CC(=O)N2CCCN(C(=O)C(C)C)CC2)cc1Cl. The minimum Gasteiger partial charge on any atom is -0.495 e. The van der Waals surface area contributed by atoms with Crippen LogP contribution >= 0.6 is 11.6 Å². The molecule has 2 amide bonds. The summed E-state index contributed by atoms with van der Waals surface area (Å²) in [7, 11) is 1.58. The van der Waals surface area contributed by atoms with Gasteiger partial charge in [-0.3, -0.25) is 9.59 Å². The van der Waals surface area contributed by atoms with E-state index in [1.165, 1.54) is 0 Å². The predicted molar refractivity (Wildman–Crippen MR) is 99.1 cm³/mol. The van der Waals surface area contributed by atoms with Gasteiger partial charge >= 0.3 is 0 Å². The van der Waals surface area contributed by atoms with Crippen molar-refractivity contribution in [2.24, 2.45) is 5.92 Å². The molecule has 6 heteroatoms. The maximum absolute atomic E-state index is 12.7. The zero-order valence-electron chi connectivity index (χ0n) is 15.5. The fourth-order valence-corrected chi connectivity index (χ4v) is 3.33. The largest absolute Gasteiger partial charge is 0.495 e. The summed E-state index contributed by atoms with van der Waals surface area (Å²) < 4.78 is 5.21. The summed E-state index contributed by atoms with van der Waals surface area (Å²) in [5, 5.41) is 0.514. The number of methoxy groups -OCH3 is 1. The van der Waals surface area contributed by atoms with Crippen molar-refractivity contribution in [3.8, 4) is 5.75 Å². The Balaban J connectivity index is 2.02. The van der Waals surface area contributed by atoms with E-state index in [2.05, 4.69) is 0 Å². The van der Waals surface area contributed by atoms with Crippen LogP contribution in [0, 0.1) is 12.8 Å². The maximum atomic E-state index is 12.7. The Labute approximate surface area is 154 Å². The van der Waals surface area contributed by atoms with E-state index in [1.54, 1.807) is 13.2 Å². The Morgan fingerprint density at radius 1 is 1.16 bits per heavy atom. The molecular formula is C19H27ClN2O3. The van der Waals surface area contributed by atoms with Crippen LogP contribution in [0.25, 0.3) is 0 Å². The van der Waals surface area contributed by atoms with Crippen LogP contribution in [-0.2, 0) is 16.0 Å². The summed E-state index contributed by atoms with van der Waals surface area (Å²) in [6, 6.07) is 3.66. The molecule has 2 rings (SSSR count). The summed E-state index contributed by atoms with van der Waals surface area (Å²) >= 11 is 6.19. The summed E-state index contributed by atoms with van der Waals surface area (Å²) in [4.78, 5) is 28.6. The van der Waals surface area contributed by atoms with Crippen LogP contribution < -0.4 is 4.74 Å². The van der Waals surface area contributed by atoms with Gasteiger partial charge in [0.15, 0.2) is 0 Å². The monoisotopic (exact) mass is 366 g/mol. The predicted octanol–water partition coefficient (Wildman–Crippen LogP) is 2.92. The Morgan fingerprint density at radius 3 is 2.44 bits per heavy atom. The molecule has 0 unspecified atom stereocenters. The Bertz CT molecular complexity index is 646.